The molecule has 0 unspecified atom stereocenters. The van der Waals surface area contributed by atoms with Crippen LogP contribution in [0.25, 0.3) is 0 Å². The first-order chi connectivity index (χ1) is 13.1. The van der Waals surface area contributed by atoms with Crippen molar-refractivity contribution in [3.63, 3.8) is 0 Å². The lowest BCUT2D eigenvalue weighted by atomic mass is 9.88. The summed E-state index contributed by atoms with van der Waals surface area (Å²) in [6.45, 7) is 1.89. The molecule has 3 rings (SSSR count). The average Bonchev–Trinajstić information content (AvgIpc) is 2.73. The fourth-order valence-corrected chi connectivity index (χ4v) is 4.06. The van der Waals surface area contributed by atoms with Crippen LogP contribution < -0.4 is 10.7 Å². The van der Waals surface area contributed by atoms with E-state index in [1.54, 1.807) is 0 Å². The first-order valence-electron chi connectivity index (χ1n) is 10.4. The van der Waals surface area contributed by atoms with Gasteiger partial charge in [0.05, 0.1) is 5.71 Å². The highest BCUT2D eigenvalue weighted by molar-refractivity contribution is 6.00. The third kappa shape index (κ3) is 5.65. The van der Waals surface area contributed by atoms with Crippen molar-refractivity contribution >= 4 is 23.2 Å². The van der Waals surface area contributed by atoms with Crippen LogP contribution in [0.2, 0.25) is 0 Å². The minimum Gasteiger partial charge on any atom is -0.326 e. The van der Waals surface area contributed by atoms with Gasteiger partial charge in [-0.25, -0.2) is 5.43 Å². The SMILES string of the molecule is CC(=NNC(=O)C1CCCCC1)c1ccc(NC(=O)C2CCCCC2)cc1. The molecule has 0 saturated heterocycles. The predicted octanol–water partition coefficient (Wildman–Crippen LogP) is 4.63. The van der Waals surface area contributed by atoms with Gasteiger partial charge >= 0.3 is 0 Å². The number of hydrogen-bond donors (Lipinski definition) is 2. The maximum absolute atomic E-state index is 12.3. The fourth-order valence-electron chi connectivity index (χ4n) is 4.06. The molecule has 2 amide bonds. The van der Waals surface area contributed by atoms with E-state index in [0.29, 0.717) is 0 Å². The van der Waals surface area contributed by atoms with Crippen LogP contribution in [-0.4, -0.2) is 17.5 Å². The van der Waals surface area contributed by atoms with E-state index in [1.807, 2.05) is 31.2 Å². The summed E-state index contributed by atoms with van der Waals surface area (Å²) in [5, 5.41) is 7.29. The zero-order valence-electron chi connectivity index (χ0n) is 16.3. The Bertz CT molecular complexity index is 669. The zero-order chi connectivity index (χ0) is 19.1. The van der Waals surface area contributed by atoms with Crippen LogP contribution in [0, 0.1) is 11.8 Å². The molecule has 0 atom stereocenters. The minimum absolute atomic E-state index is 0.0328. The van der Waals surface area contributed by atoms with Gasteiger partial charge in [0.15, 0.2) is 0 Å². The Hall–Kier alpha value is -2.17. The molecule has 2 fully saturated rings. The number of anilines is 1. The second-order valence-corrected chi connectivity index (χ2v) is 7.91. The van der Waals surface area contributed by atoms with Crippen LogP contribution >= 0.6 is 0 Å². The van der Waals surface area contributed by atoms with Gasteiger partial charge in [0.1, 0.15) is 0 Å². The standard InChI is InChI=1S/C22H31N3O2/c1-16(24-25-22(27)19-10-6-3-7-11-19)17-12-14-20(15-13-17)23-21(26)18-8-4-2-5-9-18/h12-15,18-19H,2-11H2,1H3,(H,23,26)(H,25,27). The number of amides is 2. The third-order valence-corrected chi connectivity index (χ3v) is 5.86. The molecule has 5 nitrogen and oxygen atoms in total. The molecule has 1 aromatic rings. The van der Waals surface area contributed by atoms with Crippen LogP contribution in [0.1, 0.15) is 76.7 Å². The first-order valence-corrected chi connectivity index (χ1v) is 10.4. The summed E-state index contributed by atoms with van der Waals surface area (Å²) in [4.78, 5) is 24.5. The number of nitrogens with zero attached hydrogens (tertiary/aromatic N) is 1. The van der Waals surface area contributed by atoms with Gasteiger partial charge in [-0.3, -0.25) is 9.59 Å². The van der Waals surface area contributed by atoms with Crippen LogP contribution in [0.4, 0.5) is 5.69 Å². The molecule has 27 heavy (non-hydrogen) atoms. The zero-order valence-corrected chi connectivity index (χ0v) is 16.3. The van der Waals surface area contributed by atoms with Crippen molar-refractivity contribution in [3.05, 3.63) is 29.8 Å². The van der Waals surface area contributed by atoms with Crippen molar-refractivity contribution in [1.82, 2.24) is 5.43 Å². The average molecular weight is 370 g/mol. The lowest BCUT2D eigenvalue weighted by Crippen LogP contribution is -2.29. The Morgan fingerprint density at radius 1 is 0.815 bits per heavy atom. The maximum atomic E-state index is 12.3. The Kier molecular flexibility index (Phi) is 7.02. The smallest absolute Gasteiger partial charge is 0.243 e. The van der Waals surface area contributed by atoms with Gasteiger partial charge in [0.2, 0.25) is 11.8 Å². The fraction of sp³-hybridized carbons (Fsp3) is 0.591. The van der Waals surface area contributed by atoms with Crippen molar-refractivity contribution in [2.75, 3.05) is 5.32 Å². The maximum Gasteiger partial charge on any atom is 0.243 e. The van der Waals surface area contributed by atoms with E-state index in [0.717, 1.165) is 68.3 Å². The highest BCUT2D eigenvalue weighted by Gasteiger charge is 2.21. The van der Waals surface area contributed by atoms with E-state index in [4.69, 9.17) is 0 Å². The summed E-state index contributed by atoms with van der Waals surface area (Å²) < 4.78 is 0. The monoisotopic (exact) mass is 369 g/mol. The molecular formula is C22H31N3O2. The third-order valence-electron chi connectivity index (χ3n) is 5.86. The number of hydrazone groups is 1. The summed E-state index contributed by atoms with van der Waals surface area (Å²) in [7, 11) is 0. The van der Waals surface area contributed by atoms with E-state index in [2.05, 4.69) is 15.8 Å². The van der Waals surface area contributed by atoms with E-state index in [-0.39, 0.29) is 23.7 Å². The van der Waals surface area contributed by atoms with Gasteiger partial charge < -0.3 is 5.32 Å². The van der Waals surface area contributed by atoms with Gasteiger partial charge in [-0.15, -0.1) is 0 Å². The summed E-state index contributed by atoms with van der Waals surface area (Å²) in [5.74, 6) is 0.419. The molecule has 146 valence electrons. The van der Waals surface area contributed by atoms with E-state index in [1.165, 1.54) is 12.8 Å². The second kappa shape index (κ2) is 9.67. The minimum atomic E-state index is 0.0328. The molecule has 5 heteroatoms. The van der Waals surface area contributed by atoms with Crippen molar-refractivity contribution in [2.45, 2.75) is 71.1 Å². The topological polar surface area (TPSA) is 70.6 Å². The van der Waals surface area contributed by atoms with E-state index >= 15 is 0 Å². The lowest BCUT2D eigenvalue weighted by Gasteiger charge is -2.20. The molecule has 0 spiro atoms. The molecule has 2 N–H and O–H groups in total. The summed E-state index contributed by atoms with van der Waals surface area (Å²) in [6, 6.07) is 7.67. The van der Waals surface area contributed by atoms with Crippen molar-refractivity contribution in [1.29, 1.82) is 0 Å². The van der Waals surface area contributed by atoms with Crippen LogP contribution in [-0.2, 0) is 9.59 Å². The molecule has 1 aromatic carbocycles. The Balaban J connectivity index is 1.52. The number of nitrogens with one attached hydrogen (secondary N) is 2. The quantitative estimate of drug-likeness (QED) is 0.587. The Morgan fingerprint density at radius 2 is 1.33 bits per heavy atom. The molecule has 2 aliphatic carbocycles. The van der Waals surface area contributed by atoms with Crippen LogP contribution in [0.5, 0.6) is 0 Å². The molecule has 0 aromatic heterocycles. The van der Waals surface area contributed by atoms with Crippen LogP contribution in [0.3, 0.4) is 0 Å². The number of rotatable bonds is 5. The summed E-state index contributed by atoms with van der Waals surface area (Å²) in [6.07, 6.45) is 11.0. The summed E-state index contributed by atoms with van der Waals surface area (Å²) >= 11 is 0. The highest BCUT2D eigenvalue weighted by atomic mass is 16.2. The van der Waals surface area contributed by atoms with Gasteiger partial charge in [0, 0.05) is 17.5 Å². The normalized spacial score (nSPS) is 19.5. The largest absolute Gasteiger partial charge is 0.326 e. The molecule has 0 bridgehead atoms. The molecular weight excluding hydrogens is 338 g/mol. The highest BCUT2D eigenvalue weighted by Crippen LogP contribution is 2.25. The number of carbonyl (C=O) groups is 2. The predicted molar refractivity (Wildman–Crippen MR) is 109 cm³/mol. The van der Waals surface area contributed by atoms with E-state index in [9.17, 15) is 9.59 Å². The van der Waals surface area contributed by atoms with Crippen molar-refractivity contribution in [3.8, 4) is 0 Å². The first kappa shape index (κ1) is 19.6. The molecule has 0 aliphatic heterocycles. The molecule has 0 heterocycles. The van der Waals surface area contributed by atoms with Gasteiger partial charge in [-0.1, -0.05) is 50.7 Å². The molecule has 0 radical (unpaired) electrons. The van der Waals surface area contributed by atoms with Crippen LogP contribution in [0.15, 0.2) is 29.4 Å². The summed E-state index contributed by atoms with van der Waals surface area (Å²) in [5.41, 5.74) is 5.24. The lowest BCUT2D eigenvalue weighted by molar-refractivity contribution is -0.126. The second-order valence-electron chi connectivity index (χ2n) is 7.91. The Morgan fingerprint density at radius 3 is 1.89 bits per heavy atom. The van der Waals surface area contributed by atoms with Gasteiger partial charge in [0.25, 0.3) is 0 Å². The molecule has 2 saturated carbocycles. The van der Waals surface area contributed by atoms with E-state index < -0.39 is 0 Å². The number of benzene rings is 1. The number of hydrogen-bond acceptors (Lipinski definition) is 3. The number of carbonyl (C=O) groups excluding carboxylic acids is 2. The van der Waals surface area contributed by atoms with Crippen molar-refractivity contribution < 1.29 is 9.59 Å². The Labute approximate surface area is 162 Å². The van der Waals surface area contributed by atoms with Crippen molar-refractivity contribution in [2.24, 2.45) is 16.9 Å². The van der Waals surface area contributed by atoms with Gasteiger partial charge in [-0.2, -0.15) is 5.10 Å². The molecule has 2 aliphatic rings. The van der Waals surface area contributed by atoms with Gasteiger partial charge in [-0.05, 0) is 50.3 Å².